The number of alkyl halides is 3. The molecular formula is C20H16F4N4O3S. The molecule has 0 atom stereocenters. The van der Waals surface area contributed by atoms with Crippen LogP contribution < -0.4 is 15.4 Å². The van der Waals surface area contributed by atoms with Crippen molar-refractivity contribution in [3.8, 4) is 5.75 Å². The van der Waals surface area contributed by atoms with Gasteiger partial charge in [-0.2, -0.15) is 13.2 Å². The van der Waals surface area contributed by atoms with Crippen molar-refractivity contribution < 1.29 is 31.9 Å². The van der Waals surface area contributed by atoms with Crippen molar-refractivity contribution in [2.75, 3.05) is 17.2 Å². The zero-order chi connectivity index (χ0) is 23.5. The van der Waals surface area contributed by atoms with Gasteiger partial charge in [-0.1, -0.05) is 0 Å². The molecule has 32 heavy (non-hydrogen) atoms. The Labute approximate surface area is 183 Å². The molecule has 2 N–H and O–H groups in total. The molecule has 0 radical (unpaired) electrons. The number of pyridine rings is 1. The van der Waals surface area contributed by atoms with Crippen molar-refractivity contribution in [3.05, 3.63) is 63.5 Å². The van der Waals surface area contributed by atoms with E-state index < -0.39 is 30.4 Å². The van der Waals surface area contributed by atoms with Crippen molar-refractivity contribution in [1.82, 2.24) is 9.97 Å². The number of anilines is 2. The summed E-state index contributed by atoms with van der Waals surface area (Å²) in [7, 11) is 0. The van der Waals surface area contributed by atoms with Gasteiger partial charge in [0.05, 0.1) is 23.0 Å². The molecule has 0 fully saturated rings. The topological polar surface area (TPSA) is 93.2 Å². The molecule has 0 saturated carbocycles. The number of hydrogen-bond donors (Lipinski definition) is 2. The van der Waals surface area contributed by atoms with Crippen LogP contribution in [0.15, 0.2) is 36.7 Å². The second-order valence-corrected chi connectivity index (χ2v) is 7.82. The zero-order valence-electron chi connectivity index (χ0n) is 16.7. The molecule has 168 valence electrons. The van der Waals surface area contributed by atoms with Crippen LogP contribution in [0.25, 0.3) is 0 Å². The lowest BCUT2D eigenvalue weighted by atomic mass is 10.1. The third-order valence-corrected chi connectivity index (χ3v) is 4.94. The average molecular weight is 468 g/mol. The van der Waals surface area contributed by atoms with Crippen LogP contribution in [0.2, 0.25) is 0 Å². The molecule has 0 bridgehead atoms. The fourth-order valence-corrected chi connectivity index (χ4v) is 3.19. The Balaban J connectivity index is 1.72. The Morgan fingerprint density at radius 2 is 1.81 bits per heavy atom. The second-order valence-electron chi connectivity index (χ2n) is 6.58. The van der Waals surface area contributed by atoms with Crippen molar-refractivity contribution in [2.45, 2.75) is 20.0 Å². The van der Waals surface area contributed by atoms with Gasteiger partial charge in [0, 0.05) is 5.69 Å². The van der Waals surface area contributed by atoms with E-state index in [0.717, 1.165) is 12.3 Å². The van der Waals surface area contributed by atoms with E-state index in [1.165, 1.54) is 35.7 Å². The van der Waals surface area contributed by atoms with Crippen LogP contribution in [-0.2, 0) is 0 Å². The largest absolute Gasteiger partial charge is 0.483 e. The lowest BCUT2D eigenvalue weighted by Gasteiger charge is -2.12. The van der Waals surface area contributed by atoms with Gasteiger partial charge in [-0.3, -0.25) is 9.59 Å². The Morgan fingerprint density at radius 3 is 2.41 bits per heavy atom. The fraction of sp³-hybridized carbons (Fsp3) is 0.200. The van der Waals surface area contributed by atoms with Crippen molar-refractivity contribution in [3.63, 3.8) is 0 Å². The highest BCUT2D eigenvalue weighted by atomic mass is 32.1. The van der Waals surface area contributed by atoms with Crippen LogP contribution >= 0.6 is 11.3 Å². The number of amides is 2. The van der Waals surface area contributed by atoms with E-state index in [9.17, 15) is 27.2 Å². The van der Waals surface area contributed by atoms with Crippen LogP contribution in [0.4, 0.5) is 29.1 Å². The number of carbonyl (C=O) groups is 2. The molecule has 2 heterocycles. The summed E-state index contributed by atoms with van der Waals surface area (Å²) < 4.78 is 55.5. The summed E-state index contributed by atoms with van der Waals surface area (Å²) in [5.41, 5.74) is 0.278. The van der Waals surface area contributed by atoms with E-state index in [4.69, 9.17) is 0 Å². The molecule has 7 nitrogen and oxygen atoms in total. The van der Waals surface area contributed by atoms with E-state index in [2.05, 4.69) is 25.3 Å². The van der Waals surface area contributed by atoms with E-state index in [-0.39, 0.29) is 22.8 Å². The Kier molecular flexibility index (Phi) is 6.72. The minimum absolute atomic E-state index is 0.0277. The van der Waals surface area contributed by atoms with Crippen LogP contribution in [0.3, 0.4) is 0 Å². The highest BCUT2D eigenvalue weighted by Crippen LogP contribution is 2.24. The normalized spacial score (nSPS) is 11.2. The Bertz CT molecular complexity index is 1150. The number of nitrogens with zero attached hydrogens (tertiary/aromatic N) is 2. The first kappa shape index (κ1) is 23.1. The number of thiazole rings is 1. The van der Waals surface area contributed by atoms with E-state index in [0.29, 0.717) is 15.4 Å². The number of halogens is 4. The summed E-state index contributed by atoms with van der Waals surface area (Å²) >= 11 is 1.18. The minimum atomic E-state index is -4.50. The van der Waals surface area contributed by atoms with Gasteiger partial charge in [0.15, 0.2) is 6.61 Å². The number of aromatic nitrogens is 2. The number of carbonyl (C=O) groups excluding carboxylic acids is 2. The van der Waals surface area contributed by atoms with Crippen molar-refractivity contribution in [1.29, 1.82) is 0 Å². The van der Waals surface area contributed by atoms with Gasteiger partial charge in [-0.05, 0) is 43.7 Å². The average Bonchev–Trinajstić information content (AvgIpc) is 3.15. The summed E-state index contributed by atoms with van der Waals surface area (Å²) in [6.07, 6.45) is -2.09. The molecule has 0 aliphatic heterocycles. The van der Waals surface area contributed by atoms with Gasteiger partial charge in [0.25, 0.3) is 11.8 Å². The Hall–Kier alpha value is -3.54. The fourth-order valence-electron chi connectivity index (χ4n) is 2.52. The third-order valence-electron chi connectivity index (χ3n) is 4.03. The third kappa shape index (κ3) is 6.00. The number of benzene rings is 1. The Morgan fingerprint density at radius 1 is 1.06 bits per heavy atom. The standard InChI is InChI=1S/C20H16F4N4O3S/c1-10-5-14(21)13(6-15(10)27-19(30)16-8-25-11(2)32-16)18(29)28-17-4-3-12(7-26-17)31-9-20(22,23)24/h3-8H,9H2,1-2H3,(H,27,30)(H,26,28,29). The molecule has 3 rings (SSSR count). The second kappa shape index (κ2) is 9.30. The maximum absolute atomic E-state index is 14.4. The number of aryl methyl sites for hydroxylation is 2. The molecule has 3 aromatic rings. The molecule has 0 unspecified atom stereocenters. The summed E-state index contributed by atoms with van der Waals surface area (Å²) in [6.45, 7) is 1.83. The van der Waals surface area contributed by atoms with Crippen LogP contribution in [-0.4, -0.2) is 34.6 Å². The lowest BCUT2D eigenvalue weighted by Crippen LogP contribution is -2.19. The summed E-state index contributed by atoms with van der Waals surface area (Å²) in [6, 6.07) is 4.68. The van der Waals surface area contributed by atoms with Crippen molar-refractivity contribution in [2.24, 2.45) is 0 Å². The van der Waals surface area contributed by atoms with E-state index in [1.807, 2.05) is 0 Å². The maximum Gasteiger partial charge on any atom is 0.422 e. The van der Waals surface area contributed by atoms with E-state index in [1.54, 1.807) is 13.8 Å². The molecular weight excluding hydrogens is 452 g/mol. The predicted octanol–water partition coefficient (Wildman–Crippen LogP) is 4.74. The molecule has 0 spiro atoms. The number of hydrogen-bond acceptors (Lipinski definition) is 6. The van der Waals surface area contributed by atoms with Gasteiger partial charge in [-0.25, -0.2) is 14.4 Å². The molecule has 0 aliphatic carbocycles. The monoisotopic (exact) mass is 468 g/mol. The SMILES string of the molecule is Cc1ncc(C(=O)Nc2cc(C(=O)Nc3ccc(OCC(F)(F)F)cn3)c(F)cc2C)s1. The summed E-state index contributed by atoms with van der Waals surface area (Å²) in [5.74, 6) is -2.31. The van der Waals surface area contributed by atoms with Crippen molar-refractivity contribution >= 4 is 34.7 Å². The molecule has 2 aromatic heterocycles. The zero-order valence-corrected chi connectivity index (χ0v) is 17.5. The summed E-state index contributed by atoms with van der Waals surface area (Å²) in [5, 5.41) is 5.67. The van der Waals surface area contributed by atoms with Crippen LogP contribution in [0.1, 0.15) is 30.6 Å². The van der Waals surface area contributed by atoms with Gasteiger partial charge >= 0.3 is 6.18 Å². The van der Waals surface area contributed by atoms with Gasteiger partial charge in [0.2, 0.25) is 0 Å². The first-order valence-corrected chi connectivity index (χ1v) is 9.84. The van der Waals surface area contributed by atoms with Gasteiger partial charge in [0.1, 0.15) is 22.3 Å². The maximum atomic E-state index is 14.4. The van der Waals surface area contributed by atoms with E-state index >= 15 is 0 Å². The highest BCUT2D eigenvalue weighted by Gasteiger charge is 2.28. The number of rotatable bonds is 6. The lowest BCUT2D eigenvalue weighted by molar-refractivity contribution is -0.153. The number of ether oxygens (including phenoxy) is 1. The molecule has 1 aromatic carbocycles. The quantitative estimate of drug-likeness (QED) is 0.510. The predicted molar refractivity (Wildman–Crippen MR) is 110 cm³/mol. The number of nitrogens with one attached hydrogen (secondary N) is 2. The van der Waals surface area contributed by atoms with Gasteiger partial charge in [-0.15, -0.1) is 11.3 Å². The van der Waals surface area contributed by atoms with Crippen LogP contribution in [0.5, 0.6) is 5.75 Å². The minimum Gasteiger partial charge on any atom is -0.483 e. The first-order chi connectivity index (χ1) is 15.0. The smallest absolute Gasteiger partial charge is 0.422 e. The molecule has 12 heteroatoms. The first-order valence-electron chi connectivity index (χ1n) is 9.03. The van der Waals surface area contributed by atoms with Gasteiger partial charge < -0.3 is 15.4 Å². The van der Waals surface area contributed by atoms with Crippen LogP contribution in [0, 0.1) is 19.7 Å². The molecule has 2 amide bonds. The summed E-state index contributed by atoms with van der Waals surface area (Å²) in [4.78, 5) is 33.0. The molecule has 0 saturated heterocycles. The molecule has 0 aliphatic rings. The highest BCUT2D eigenvalue weighted by molar-refractivity contribution is 7.13.